The number of thiazole rings is 1. The van der Waals surface area contributed by atoms with E-state index in [9.17, 15) is 13.2 Å². The molecule has 0 aliphatic carbocycles. The highest BCUT2D eigenvalue weighted by molar-refractivity contribution is 7.89. The quantitative estimate of drug-likeness (QED) is 0.430. The maximum Gasteiger partial charge on any atom is 0.260 e. The van der Waals surface area contributed by atoms with Gasteiger partial charge in [0, 0.05) is 31.2 Å². The number of rotatable bonds is 8. The third-order valence-corrected chi connectivity index (χ3v) is 9.85. The molecule has 194 valence electrons. The molecular formula is C26H34N4O4S2. The molecule has 1 unspecified atom stereocenters. The second kappa shape index (κ2) is 10.8. The number of hydrogen-bond donors (Lipinski definition) is 0. The van der Waals surface area contributed by atoms with Crippen molar-refractivity contribution in [2.75, 3.05) is 45.7 Å². The molecule has 2 heterocycles. The Morgan fingerprint density at radius 1 is 1.14 bits per heavy atom. The number of methoxy groups -OCH3 is 1. The lowest BCUT2D eigenvalue weighted by atomic mass is 10.1. The van der Waals surface area contributed by atoms with Crippen LogP contribution in [0.4, 0.5) is 5.13 Å². The minimum absolute atomic E-state index is 0.0222. The number of benzene rings is 2. The zero-order chi connectivity index (χ0) is 26.0. The van der Waals surface area contributed by atoms with E-state index in [2.05, 4.69) is 0 Å². The van der Waals surface area contributed by atoms with Gasteiger partial charge in [0.1, 0.15) is 11.3 Å². The largest absolute Gasteiger partial charge is 0.494 e. The summed E-state index contributed by atoms with van der Waals surface area (Å²) in [4.78, 5) is 22.3. The molecule has 1 amide bonds. The van der Waals surface area contributed by atoms with Crippen LogP contribution in [0.2, 0.25) is 0 Å². The van der Waals surface area contributed by atoms with Gasteiger partial charge in [0.15, 0.2) is 5.13 Å². The minimum Gasteiger partial charge on any atom is -0.494 e. The molecule has 8 nitrogen and oxygen atoms in total. The van der Waals surface area contributed by atoms with Crippen molar-refractivity contribution in [3.8, 4) is 5.75 Å². The Bertz CT molecular complexity index is 1340. The first-order valence-corrected chi connectivity index (χ1v) is 14.4. The summed E-state index contributed by atoms with van der Waals surface area (Å²) >= 11 is 1.46. The van der Waals surface area contributed by atoms with Crippen LogP contribution in [0.25, 0.3) is 10.2 Å². The SMILES string of the molecule is COc1ccc(C)c2sc(N(CCN(C)C)C(=O)c3ccc(S(=O)(=O)N4CCCCC4C)cc3)nc12. The summed E-state index contributed by atoms with van der Waals surface area (Å²) in [5.74, 6) is 0.447. The van der Waals surface area contributed by atoms with Crippen molar-refractivity contribution in [3.05, 3.63) is 47.5 Å². The normalized spacial score (nSPS) is 17.0. The van der Waals surface area contributed by atoms with Gasteiger partial charge >= 0.3 is 0 Å². The maximum absolute atomic E-state index is 13.7. The van der Waals surface area contributed by atoms with Gasteiger partial charge in [0.2, 0.25) is 10.0 Å². The summed E-state index contributed by atoms with van der Waals surface area (Å²) in [5.41, 5.74) is 2.22. The van der Waals surface area contributed by atoms with E-state index in [1.54, 1.807) is 40.6 Å². The molecule has 1 aliphatic heterocycles. The Balaban J connectivity index is 1.66. The van der Waals surface area contributed by atoms with Crippen molar-refractivity contribution in [2.45, 2.75) is 44.0 Å². The van der Waals surface area contributed by atoms with Crippen LogP contribution in [0.15, 0.2) is 41.3 Å². The first kappa shape index (κ1) is 26.5. The third kappa shape index (κ3) is 5.27. The molecule has 1 fully saturated rings. The molecular weight excluding hydrogens is 496 g/mol. The second-order valence-corrected chi connectivity index (χ2v) is 12.4. The Labute approximate surface area is 217 Å². The number of fused-ring (bicyclic) bond motifs is 1. The summed E-state index contributed by atoms with van der Waals surface area (Å²) < 4.78 is 34.5. The van der Waals surface area contributed by atoms with Gasteiger partial charge < -0.3 is 9.64 Å². The average molecular weight is 531 g/mol. The van der Waals surface area contributed by atoms with Gasteiger partial charge in [-0.3, -0.25) is 9.69 Å². The van der Waals surface area contributed by atoms with Crippen LogP contribution in [0.3, 0.4) is 0 Å². The standard InChI is InChI=1S/C26H34N4O4S2/c1-18-9-14-22(34-5)23-24(18)35-26(27-23)29(17-16-28(3)4)25(31)20-10-12-21(13-11-20)36(32,33)30-15-7-6-8-19(30)2/h9-14,19H,6-8,15-17H2,1-5H3. The van der Waals surface area contributed by atoms with Gasteiger partial charge in [-0.1, -0.05) is 23.8 Å². The van der Waals surface area contributed by atoms with Gasteiger partial charge in [-0.25, -0.2) is 13.4 Å². The number of anilines is 1. The number of aromatic nitrogens is 1. The van der Waals surface area contributed by atoms with Crippen LogP contribution in [0.5, 0.6) is 5.75 Å². The van der Waals surface area contributed by atoms with E-state index >= 15 is 0 Å². The second-order valence-electron chi connectivity index (χ2n) is 9.50. The van der Waals surface area contributed by atoms with E-state index in [0.717, 1.165) is 35.0 Å². The predicted octanol–water partition coefficient (Wildman–Crippen LogP) is 4.38. The molecule has 3 aromatic rings. The Morgan fingerprint density at radius 3 is 2.50 bits per heavy atom. The summed E-state index contributed by atoms with van der Waals surface area (Å²) in [6.07, 6.45) is 2.77. The van der Waals surface area contributed by atoms with Crippen LogP contribution >= 0.6 is 11.3 Å². The van der Waals surface area contributed by atoms with Gasteiger partial charge in [-0.15, -0.1) is 0 Å². The number of carbonyl (C=O) groups is 1. The molecule has 10 heteroatoms. The van der Waals surface area contributed by atoms with Crippen LogP contribution in [0, 0.1) is 6.92 Å². The summed E-state index contributed by atoms with van der Waals surface area (Å²) in [6.45, 7) is 5.59. The number of hydrogen-bond acceptors (Lipinski definition) is 7. The number of carbonyl (C=O) groups excluding carboxylic acids is 1. The highest BCUT2D eigenvalue weighted by Gasteiger charge is 2.31. The summed E-state index contributed by atoms with van der Waals surface area (Å²) in [6, 6.07) is 10.1. The number of sulfonamides is 1. The molecule has 2 aromatic carbocycles. The van der Waals surface area contributed by atoms with Crippen LogP contribution in [-0.4, -0.2) is 75.4 Å². The summed E-state index contributed by atoms with van der Waals surface area (Å²) in [5, 5.41) is 0.586. The van der Waals surface area contributed by atoms with Crippen LogP contribution < -0.4 is 9.64 Å². The molecule has 0 N–H and O–H groups in total. The van der Waals surface area contributed by atoms with E-state index in [-0.39, 0.29) is 16.8 Å². The number of aryl methyl sites for hydroxylation is 1. The zero-order valence-electron chi connectivity index (χ0n) is 21.5. The highest BCUT2D eigenvalue weighted by atomic mass is 32.2. The van der Waals surface area contributed by atoms with Crippen molar-refractivity contribution in [3.63, 3.8) is 0 Å². The minimum atomic E-state index is -3.60. The van der Waals surface area contributed by atoms with Crippen molar-refractivity contribution in [1.29, 1.82) is 0 Å². The van der Waals surface area contributed by atoms with E-state index in [1.165, 1.54) is 11.3 Å². The Hall–Kier alpha value is -2.53. The van der Waals surface area contributed by atoms with E-state index in [0.29, 0.717) is 36.1 Å². The molecule has 1 saturated heterocycles. The van der Waals surface area contributed by atoms with Crippen molar-refractivity contribution >= 4 is 42.6 Å². The van der Waals surface area contributed by atoms with Gasteiger partial charge in [-0.05, 0) is 76.7 Å². The number of ether oxygens (including phenoxy) is 1. The van der Waals surface area contributed by atoms with Crippen molar-refractivity contribution in [2.24, 2.45) is 0 Å². The molecule has 36 heavy (non-hydrogen) atoms. The molecule has 1 aliphatic rings. The van der Waals surface area contributed by atoms with Gasteiger partial charge in [-0.2, -0.15) is 4.31 Å². The fourth-order valence-corrected chi connectivity index (χ4v) is 7.23. The van der Waals surface area contributed by atoms with Crippen molar-refractivity contribution < 1.29 is 17.9 Å². The van der Waals surface area contributed by atoms with E-state index < -0.39 is 10.0 Å². The molecule has 0 spiro atoms. The van der Waals surface area contributed by atoms with Crippen molar-refractivity contribution in [1.82, 2.24) is 14.2 Å². The molecule has 1 aromatic heterocycles. The van der Waals surface area contributed by atoms with Crippen LogP contribution in [-0.2, 0) is 10.0 Å². The fraction of sp³-hybridized carbons (Fsp3) is 0.462. The van der Waals surface area contributed by atoms with Gasteiger partial charge in [0.05, 0.1) is 16.7 Å². The first-order valence-electron chi connectivity index (χ1n) is 12.2. The third-order valence-electron chi connectivity index (χ3n) is 6.61. The van der Waals surface area contributed by atoms with E-state index in [1.807, 2.05) is 45.0 Å². The lowest BCUT2D eigenvalue weighted by Gasteiger charge is -2.32. The van der Waals surface area contributed by atoms with Crippen LogP contribution in [0.1, 0.15) is 42.1 Å². The smallest absolute Gasteiger partial charge is 0.260 e. The predicted molar refractivity (Wildman–Crippen MR) is 145 cm³/mol. The molecule has 0 bridgehead atoms. The molecule has 0 radical (unpaired) electrons. The van der Waals surface area contributed by atoms with Gasteiger partial charge in [0.25, 0.3) is 5.91 Å². The number of nitrogens with zero attached hydrogens (tertiary/aromatic N) is 4. The lowest BCUT2D eigenvalue weighted by molar-refractivity contribution is 0.0985. The average Bonchev–Trinajstić information content (AvgIpc) is 3.30. The first-order chi connectivity index (χ1) is 17.1. The fourth-order valence-electron chi connectivity index (χ4n) is 4.45. The number of amides is 1. The topological polar surface area (TPSA) is 83.0 Å². The Morgan fingerprint density at radius 2 is 1.86 bits per heavy atom. The lowest BCUT2D eigenvalue weighted by Crippen LogP contribution is -2.41. The number of likely N-dealkylation sites (N-methyl/N-ethyl adjacent to an activating group) is 1. The van der Waals surface area contributed by atoms with E-state index in [4.69, 9.17) is 9.72 Å². The molecule has 0 saturated carbocycles. The zero-order valence-corrected chi connectivity index (χ0v) is 23.2. The maximum atomic E-state index is 13.7. The molecule has 1 atom stereocenters. The monoisotopic (exact) mass is 530 g/mol. The number of piperidine rings is 1. The molecule has 4 rings (SSSR count). The summed E-state index contributed by atoms with van der Waals surface area (Å²) in [7, 11) is 1.92. The highest BCUT2D eigenvalue weighted by Crippen LogP contribution is 2.37. The Kier molecular flexibility index (Phi) is 7.99.